The van der Waals surface area contributed by atoms with Crippen molar-refractivity contribution >= 4 is 5.91 Å². The van der Waals surface area contributed by atoms with Gasteiger partial charge in [-0.15, -0.1) is 0 Å². The van der Waals surface area contributed by atoms with Crippen LogP contribution in [0.5, 0.6) is 0 Å². The molecule has 0 aromatic carbocycles. The molecule has 3 atom stereocenters. The maximum absolute atomic E-state index is 12.0. The van der Waals surface area contributed by atoms with Gasteiger partial charge in [0.15, 0.2) is 0 Å². The Morgan fingerprint density at radius 1 is 1.62 bits per heavy atom. The predicted octanol–water partition coefficient (Wildman–Crippen LogP) is 1.31. The largest absolute Gasteiger partial charge is 0.467 e. The molecule has 1 amide bonds. The number of nitrogens with one attached hydrogen (secondary N) is 2. The number of hydrogen-bond acceptors (Lipinski definition) is 3. The second-order valence-electron chi connectivity index (χ2n) is 4.49. The molecule has 1 aromatic heterocycles. The van der Waals surface area contributed by atoms with Crippen molar-refractivity contribution in [3.05, 3.63) is 24.2 Å². The summed E-state index contributed by atoms with van der Waals surface area (Å²) in [5, 5.41) is 6.21. The average Bonchev–Trinajstić information content (AvgIpc) is 2.86. The minimum Gasteiger partial charge on any atom is -0.467 e. The fraction of sp³-hybridized carbons (Fsp3) is 0.583. The van der Waals surface area contributed by atoms with Crippen LogP contribution in [0.4, 0.5) is 0 Å². The van der Waals surface area contributed by atoms with Crippen LogP contribution in [0.2, 0.25) is 0 Å². The van der Waals surface area contributed by atoms with Gasteiger partial charge in [-0.2, -0.15) is 0 Å². The van der Waals surface area contributed by atoms with Gasteiger partial charge in [0, 0.05) is 6.54 Å². The van der Waals surface area contributed by atoms with E-state index in [2.05, 4.69) is 17.6 Å². The third-order valence-corrected chi connectivity index (χ3v) is 3.18. The van der Waals surface area contributed by atoms with Crippen LogP contribution >= 0.6 is 0 Å². The summed E-state index contributed by atoms with van der Waals surface area (Å²) in [7, 11) is 0. The third-order valence-electron chi connectivity index (χ3n) is 3.18. The lowest BCUT2D eigenvalue weighted by molar-refractivity contribution is -0.126. The van der Waals surface area contributed by atoms with Crippen molar-refractivity contribution in [2.75, 3.05) is 13.1 Å². The van der Waals surface area contributed by atoms with Gasteiger partial charge in [0.25, 0.3) is 0 Å². The average molecular weight is 222 g/mol. The molecule has 0 bridgehead atoms. The Morgan fingerprint density at radius 3 is 3.00 bits per heavy atom. The molecule has 16 heavy (non-hydrogen) atoms. The van der Waals surface area contributed by atoms with Crippen molar-refractivity contribution in [1.82, 2.24) is 10.6 Å². The van der Waals surface area contributed by atoms with Crippen molar-refractivity contribution in [3.63, 3.8) is 0 Å². The van der Waals surface area contributed by atoms with E-state index in [1.165, 1.54) is 0 Å². The van der Waals surface area contributed by atoms with Crippen LogP contribution in [0.25, 0.3) is 0 Å². The Kier molecular flexibility index (Phi) is 3.29. The van der Waals surface area contributed by atoms with Gasteiger partial charge in [0.2, 0.25) is 5.91 Å². The molecule has 0 radical (unpaired) electrons. The highest BCUT2D eigenvalue weighted by Crippen LogP contribution is 2.18. The van der Waals surface area contributed by atoms with Crippen LogP contribution in [0, 0.1) is 11.8 Å². The standard InChI is InChI=1S/C12H18N2O2/c1-8-6-13-7-10(8)12(15)14-9(2)11-4-3-5-16-11/h3-5,8-10,13H,6-7H2,1-2H3,(H,14,15)/t8?,9-,10?/m0/s1. The van der Waals surface area contributed by atoms with Gasteiger partial charge in [-0.1, -0.05) is 6.92 Å². The molecule has 1 saturated heterocycles. The second-order valence-corrected chi connectivity index (χ2v) is 4.49. The number of amides is 1. The topological polar surface area (TPSA) is 54.3 Å². The van der Waals surface area contributed by atoms with Crippen LogP contribution in [0.3, 0.4) is 0 Å². The molecular formula is C12H18N2O2. The molecular weight excluding hydrogens is 204 g/mol. The summed E-state index contributed by atoms with van der Waals surface area (Å²) >= 11 is 0. The lowest BCUT2D eigenvalue weighted by Crippen LogP contribution is -2.35. The van der Waals surface area contributed by atoms with Crippen LogP contribution in [-0.2, 0) is 4.79 Å². The van der Waals surface area contributed by atoms with E-state index < -0.39 is 0 Å². The summed E-state index contributed by atoms with van der Waals surface area (Å²) in [6, 6.07) is 3.65. The van der Waals surface area contributed by atoms with Crippen molar-refractivity contribution in [1.29, 1.82) is 0 Å². The van der Waals surface area contributed by atoms with Gasteiger partial charge in [0.1, 0.15) is 5.76 Å². The van der Waals surface area contributed by atoms with E-state index in [9.17, 15) is 4.79 Å². The Balaban J connectivity index is 1.92. The number of carbonyl (C=O) groups excluding carboxylic acids is 1. The summed E-state index contributed by atoms with van der Waals surface area (Å²) in [4.78, 5) is 12.0. The van der Waals surface area contributed by atoms with Crippen LogP contribution < -0.4 is 10.6 Å². The molecule has 1 aliphatic rings. The minimum absolute atomic E-state index is 0.0599. The Labute approximate surface area is 95.4 Å². The van der Waals surface area contributed by atoms with Crippen molar-refractivity contribution in [2.45, 2.75) is 19.9 Å². The molecule has 1 aromatic rings. The maximum Gasteiger partial charge on any atom is 0.225 e. The minimum atomic E-state index is -0.0599. The van der Waals surface area contributed by atoms with Gasteiger partial charge < -0.3 is 15.1 Å². The number of carbonyl (C=O) groups is 1. The molecule has 2 rings (SSSR count). The molecule has 2 unspecified atom stereocenters. The van der Waals surface area contributed by atoms with E-state index in [0.717, 1.165) is 18.8 Å². The van der Waals surface area contributed by atoms with Crippen molar-refractivity contribution < 1.29 is 9.21 Å². The zero-order chi connectivity index (χ0) is 11.5. The lowest BCUT2D eigenvalue weighted by atomic mass is 9.97. The molecule has 0 aliphatic carbocycles. The molecule has 4 nitrogen and oxygen atoms in total. The van der Waals surface area contributed by atoms with E-state index in [4.69, 9.17) is 4.42 Å². The zero-order valence-electron chi connectivity index (χ0n) is 9.69. The fourth-order valence-corrected chi connectivity index (χ4v) is 2.09. The molecule has 88 valence electrons. The summed E-state index contributed by atoms with van der Waals surface area (Å²) in [6.07, 6.45) is 1.62. The third kappa shape index (κ3) is 2.27. The van der Waals surface area contributed by atoms with Crippen molar-refractivity contribution in [2.24, 2.45) is 11.8 Å². The Bertz CT molecular complexity index is 348. The number of rotatable bonds is 3. The molecule has 0 spiro atoms. The highest BCUT2D eigenvalue weighted by Gasteiger charge is 2.30. The van der Waals surface area contributed by atoms with Crippen molar-refractivity contribution in [3.8, 4) is 0 Å². The van der Waals surface area contributed by atoms with Crippen LogP contribution in [-0.4, -0.2) is 19.0 Å². The van der Waals surface area contributed by atoms with Gasteiger partial charge in [-0.3, -0.25) is 4.79 Å². The van der Waals surface area contributed by atoms with Gasteiger partial charge in [-0.05, 0) is 31.5 Å². The first-order valence-corrected chi connectivity index (χ1v) is 5.73. The Morgan fingerprint density at radius 2 is 2.44 bits per heavy atom. The first kappa shape index (κ1) is 11.2. The fourth-order valence-electron chi connectivity index (χ4n) is 2.09. The number of furan rings is 1. The van der Waals surface area contributed by atoms with Gasteiger partial charge in [-0.25, -0.2) is 0 Å². The van der Waals surface area contributed by atoms with Crippen LogP contribution in [0.15, 0.2) is 22.8 Å². The summed E-state index contributed by atoms with van der Waals surface area (Å²) in [6.45, 7) is 5.73. The molecule has 0 saturated carbocycles. The van der Waals surface area contributed by atoms with E-state index in [1.54, 1.807) is 6.26 Å². The highest BCUT2D eigenvalue weighted by atomic mass is 16.3. The summed E-state index contributed by atoms with van der Waals surface area (Å²) in [5.74, 6) is 1.40. The van der Waals surface area contributed by atoms with E-state index in [-0.39, 0.29) is 17.9 Å². The summed E-state index contributed by atoms with van der Waals surface area (Å²) < 4.78 is 5.26. The molecule has 4 heteroatoms. The second kappa shape index (κ2) is 4.70. The molecule has 2 N–H and O–H groups in total. The lowest BCUT2D eigenvalue weighted by Gasteiger charge is -2.17. The smallest absolute Gasteiger partial charge is 0.225 e. The SMILES string of the molecule is CC1CNCC1C(=O)N[C@@H](C)c1ccco1. The molecule has 2 heterocycles. The van der Waals surface area contributed by atoms with Gasteiger partial charge >= 0.3 is 0 Å². The van der Waals surface area contributed by atoms with E-state index in [0.29, 0.717) is 5.92 Å². The maximum atomic E-state index is 12.0. The predicted molar refractivity (Wildman–Crippen MR) is 60.8 cm³/mol. The summed E-state index contributed by atoms with van der Waals surface area (Å²) in [5.41, 5.74) is 0. The normalized spacial score (nSPS) is 26.6. The quantitative estimate of drug-likeness (QED) is 0.810. The highest BCUT2D eigenvalue weighted by molar-refractivity contribution is 5.79. The van der Waals surface area contributed by atoms with E-state index >= 15 is 0 Å². The first-order valence-electron chi connectivity index (χ1n) is 5.73. The zero-order valence-corrected chi connectivity index (χ0v) is 9.69. The van der Waals surface area contributed by atoms with E-state index in [1.807, 2.05) is 19.1 Å². The first-order chi connectivity index (χ1) is 7.68. The monoisotopic (exact) mass is 222 g/mol. The molecule has 1 fully saturated rings. The Hall–Kier alpha value is -1.29. The van der Waals surface area contributed by atoms with Crippen LogP contribution in [0.1, 0.15) is 25.6 Å². The number of hydrogen-bond donors (Lipinski definition) is 2. The van der Waals surface area contributed by atoms with Gasteiger partial charge in [0.05, 0.1) is 18.2 Å². The molecule has 1 aliphatic heterocycles.